The van der Waals surface area contributed by atoms with Crippen LogP contribution in [0.2, 0.25) is 0 Å². The van der Waals surface area contributed by atoms with Crippen LogP contribution in [0.1, 0.15) is 17.1 Å². The molecule has 0 saturated heterocycles. The highest BCUT2D eigenvalue weighted by Crippen LogP contribution is 2.19. The third-order valence-corrected chi connectivity index (χ3v) is 1.66. The Morgan fingerprint density at radius 3 is 2.58 bits per heavy atom. The van der Waals surface area contributed by atoms with Crippen molar-refractivity contribution in [3.8, 4) is 0 Å². The first-order valence-corrected chi connectivity index (χ1v) is 3.80. The standard InChI is InChI=1S/C8H10N2OS/c1-4-3-6(8(10)12)11-7(4)5(2)9/h3H,2,9H2,1H3,(H2,10,12). The van der Waals surface area contributed by atoms with E-state index in [4.69, 9.17) is 15.6 Å². The second-order valence-electron chi connectivity index (χ2n) is 2.50. The van der Waals surface area contributed by atoms with Crippen molar-refractivity contribution in [1.82, 2.24) is 0 Å². The number of rotatable bonds is 2. The zero-order valence-electron chi connectivity index (χ0n) is 6.72. The van der Waals surface area contributed by atoms with E-state index in [1.54, 1.807) is 6.07 Å². The number of hydrogen-bond donors (Lipinski definition) is 3. The molecule has 64 valence electrons. The Kier molecular flexibility index (Phi) is 2.28. The largest absolute Gasteiger partial charge is 0.452 e. The molecule has 0 aliphatic rings. The molecule has 0 fully saturated rings. The molecule has 1 heterocycles. The second kappa shape index (κ2) is 3.06. The van der Waals surface area contributed by atoms with Crippen LogP contribution in [0.5, 0.6) is 0 Å². The molecule has 4 heteroatoms. The van der Waals surface area contributed by atoms with Gasteiger partial charge in [0.05, 0.1) is 5.70 Å². The minimum absolute atomic E-state index is 0.0885. The van der Waals surface area contributed by atoms with Crippen LogP contribution in [-0.4, -0.2) is 5.04 Å². The summed E-state index contributed by atoms with van der Waals surface area (Å²) in [6, 6.07) is 1.71. The Morgan fingerprint density at radius 2 is 2.33 bits per heavy atom. The van der Waals surface area contributed by atoms with E-state index in [0.29, 0.717) is 17.2 Å². The van der Waals surface area contributed by atoms with Crippen molar-refractivity contribution < 1.29 is 4.42 Å². The van der Waals surface area contributed by atoms with Gasteiger partial charge in [-0.1, -0.05) is 6.58 Å². The molecule has 1 rings (SSSR count). The molecular weight excluding hydrogens is 172 g/mol. The van der Waals surface area contributed by atoms with E-state index in [2.05, 4.69) is 19.2 Å². The van der Waals surface area contributed by atoms with Gasteiger partial charge in [-0.05, 0) is 18.6 Å². The van der Waals surface area contributed by atoms with E-state index in [0.717, 1.165) is 5.56 Å². The van der Waals surface area contributed by atoms with Gasteiger partial charge in [-0.2, -0.15) is 0 Å². The van der Waals surface area contributed by atoms with Crippen LogP contribution in [0, 0.1) is 12.3 Å². The second-order valence-corrected chi connectivity index (χ2v) is 2.94. The maximum Gasteiger partial charge on any atom is 0.159 e. The summed E-state index contributed by atoms with van der Waals surface area (Å²) in [6.07, 6.45) is 0. The van der Waals surface area contributed by atoms with Crippen LogP contribution in [0.15, 0.2) is 17.1 Å². The Morgan fingerprint density at radius 1 is 1.75 bits per heavy atom. The molecule has 0 aliphatic heterocycles. The SMILES string of the molecule is C=C(N)c1oc(C(=N)S)cc1C. The molecule has 0 unspecified atom stereocenters. The fourth-order valence-corrected chi connectivity index (χ4v) is 1.03. The van der Waals surface area contributed by atoms with Gasteiger partial charge in [0, 0.05) is 0 Å². The smallest absolute Gasteiger partial charge is 0.159 e. The topological polar surface area (TPSA) is 63.0 Å². The number of thiol groups is 1. The van der Waals surface area contributed by atoms with E-state index in [-0.39, 0.29) is 5.04 Å². The number of nitrogens with one attached hydrogen (secondary N) is 1. The molecule has 0 radical (unpaired) electrons. The molecule has 0 atom stereocenters. The lowest BCUT2D eigenvalue weighted by Crippen LogP contribution is -1.93. The minimum atomic E-state index is 0.0885. The normalized spacial score (nSPS) is 9.83. The zero-order valence-corrected chi connectivity index (χ0v) is 7.61. The van der Waals surface area contributed by atoms with Gasteiger partial charge in [-0.3, -0.25) is 5.41 Å². The van der Waals surface area contributed by atoms with Crippen LogP contribution in [-0.2, 0) is 0 Å². The highest BCUT2D eigenvalue weighted by Gasteiger charge is 2.09. The molecule has 0 aliphatic carbocycles. The van der Waals surface area contributed by atoms with Crippen molar-refractivity contribution in [2.24, 2.45) is 5.73 Å². The number of aryl methyl sites for hydroxylation is 1. The lowest BCUT2D eigenvalue weighted by Gasteiger charge is -1.94. The first-order valence-electron chi connectivity index (χ1n) is 3.35. The van der Waals surface area contributed by atoms with Gasteiger partial charge in [0.2, 0.25) is 0 Å². The number of furan rings is 1. The van der Waals surface area contributed by atoms with Crippen LogP contribution < -0.4 is 5.73 Å². The molecular formula is C8H10N2OS. The van der Waals surface area contributed by atoms with Crippen LogP contribution in [0.4, 0.5) is 0 Å². The highest BCUT2D eigenvalue weighted by atomic mass is 32.1. The van der Waals surface area contributed by atoms with Crippen molar-refractivity contribution in [3.63, 3.8) is 0 Å². The van der Waals surface area contributed by atoms with Gasteiger partial charge >= 0.3 is 0 Å². The lowest BCUT2D eigenvalue weighted by atomic mass is 10.2. The molecule has 0 spiro atoms. The molecule has 3 N–H and O–H groups in total. The molecule has 0 amide bonds. The van der Waals surface area contributed by atoms with Crippen molar-refractivity contribution in [3.05, 3.63) is 29.7 Å². The van der Waals surface area contributed by atoms with Crippen LogP contribution >= 0.6 is 12.6 Å². The summed E-state index contributed by atoms with van der Waals surface area (Å²) >= 11 is 3.84. The minimum Gasteiger partial charge on any atom is -0.452 e. The summed E-state index contributed by atoms with van der Waals surface area (Å²) in [5, 5.41) is 7.27. The third kappa shape index (κ3) is 1.53. The third-order valence-electron chi connectivity index (χ3n) is 1.44. The quantitative estimate of drug-likeness (QED) is 0.371. The summed E-state index contributed by atoms with van der Waals surface area (Å²) < 4.78 is 5.21. The van der Waals surface area contributed by atoms with Crippen molar-refractivity contribution >= 4 is 23.4 Å². The molecule has 3 nitrogen and oxygen atoms in total. The Balaban J connectivity index is 3.17. The molecule has 0 aromatic carbocycles. The predicted molar refractivity (Wildman–Crippen MR) is 52.5 cm³/mol. The van der Waals surface area contributed by atoms with Gasteiger partial charge in [0.15, 0.2) is 11.5 Å². The Hall–Kier alpha value is -1.16. The van der Waals surface area contributed by atoms with Crippen LogP contribution in [0.25, 0.3) is 5.70 Å². The first-order chi connectivity index (χ1) is 5.52. The van der Waals surface area contributed by atoms with Gasteiger partial charge in [0.1, 0.15) is 5.04 Å². The monoisotopic (exact) mass is 182 g/mol. The highest BCUT2D eigenvalue weighted by molar-refractivity contribution is 7.97. The average molecular weight is 182 g/mol. The van der Waals surface area contributed by atoms with E-state index in [9.17, 15) is 0 Å². The van der Waals surface area contributed by atoms with E-state index >= 15 is 0 Å². The maximum atomic E-state index is 7.19. The zero-order chi connectivity index (χ0) is 9.30. The van der Waals surface area contributed by atoms with Crippen molar-refractivity contribution in [1.29, 1.82) is 5.41 Å². The fraction of sp³-hybridized carbons (Fsp3) is 0.125. The number of nitrogens with two attached hydrogens (primary N) is 1. The molecule has 1 aromatic heterocycles. The lowest BCUT2D eigenvalue weighted by molar-refractivity contribution is 0.542. The van der Waals surface area contributed by atoms with Gasteiger partial charge < -0.3 is 10.2 Å². The summed E-state index contributed by atoms with van der Waals surface area (Å²) in [5.41, 5.74) is 6.68. The molecule has 12 heavy (non-hydrogen) atoms. The van der Waals surface area contributed by atoms with Crippen LogP contribution in [0.3, 0.4) is 0 Å². The van der Waals surface area contributed by atoms with E-state index in [1.165, 1.54) is 0 Å². The first kappa shape index (κ1) is 8.93. The van der Waals surface area contributed by atoms with Crippen molar-refractivity contribution in [2.45, 2.75) is 6.92 Å². The molecule has 1 aromatic rings. The summed E-state index contributed by atoms with van der Waals surface area (Å²) in [7, 11) is 0. The predicted octanol–water partition coefficient (Wildman–Crippen LogP) is 1.77. The Labute approximate surface area is 76.2 Å². The fourth-order valence-electron chi connectivity index (χ4n) is 0.918. The summed E-state index contributed by atoms with van der Waals surface area (Å²) in [4.78, 5) is 0. The maximum absolute atomic E-state index is 7.19. The summed E-state index contributed by atoms with van der Waals surface area (Å²) in [6.45, 7) is 5.39. The van der Waals surface area contributed by atoms with Gasteiger partial charge in [0.25, 0.3) is 0 Å². The van der Waals surface area contributed by atoms with Gasteiger partial charge in [-0.15, -0.1) is 12.6 Å². The summed E-state index contributed by atoms with van der Waals surface area (Å²) in [5.74, 6) is 0.946. The average Bonchev–Trinajstić information content (AvgIpc) is 2.30. The molecule has 0 bridgehead atoms. The molecule has 0 saturated carbocycles. The van der Waals surface area contributed by atoms with E-state index < -0.39 is 0 Å². The van der Waals surface area contributed by atoms with Crippen molar-refractivity contribution in [2.75, 3.05) is 0 Å². The Bertz CT molecular complexity index is 341. The number of hydrogen-bond acceptors (Lipinski definition) is 3. The van der Waals surface area contributed by atoms with Gasteiger partial charge in [-0.25, -0.2) is 0 Å². The van der Waals surface area contributed by atoms with E-state index in [1.807, 2.05) is 6.92 Å².